The second-order valence-electron chi connectivity index (χ2n) is 2.41. The number of rotatable bonds is 3. The van der Waals surface area contributed by atoms with E-state index < -0.39 is 7.51 Å². The lowest BCUT2D eigenvalue weighted by molar-refractivity contribution is 1.13. The van der Waals surface area contributed by atoms with Gasteiger partial charge in [-0.05, 0) is 0 Å². The molecule has 0 saturated carbocycles. The molecule has 12 N–H and O–H groups in total. The summed E-state index contributed by atoms with van der Waals surface area (Å²) in [6.45, 7) is 0. The van der Waals surface area contributed by atoms with Crippen LogP contribution in [0.25, 0.3) is 0 Å². The highest BCUT2D eigenvalue weighted by Crippen LogP contribution is 2.33. The van der Waals surface area contributed by atoms with Crippen molar-refractivity contribution in [3.05, 3.63) is 0 Å². The standard InChI is InChI=1S/C4H15N10P/c1-11-15(12-2(5)6,13-3(7)8)14-4(9)10/h1H3,(H4,5,6,12)(H4,7,8,13)(H4,9,10,14). The fourth-order valence-corrected chi connectivity index (χ4v) is 2.27. The fourth-order valence-electron chi connectivity index (χ4n) is 0.757. The van der Waals surface area contributed by atoms with E-state index in [1.54, 1.807) is 0 Å². The Balaban J connectivity index is 5.02. The normalized spacial score (nSPS) is 13.1. The van der Waals surface area contributed by atoms with E-state index in [-0.39, 0.29) is 17.9 Å². The van der Waals surface area contributed by atoms with Crippen LogP contribution in [-0.2, 0) is 0 Å². The molecule has 86 valence electrons. The Bertz CT molecular complexity index is 283. The lowest BCUT2D eigenvalue weighted by atomic mass is 11.1. The first-order chi connectivity index (χ1) is 6.81. The van der Waals surface area contributed by atoms with E-state index in [0.717, 1.165) is 0 Å². The summed E-state index contributed by atoms with van der Waals surface area (Å²) in [7, 11) is -1.41. The van der Waals surface area contributed by atoms with Gasteiger partial charge in [0.05, 0.1) is 0 Å². The van der Waals surface area contributed by atoms with Crippen molar-refractivity contribution in [3.63, 3.8) is 0 Å². The highest BCUT2D eigenvalue weighted by Gasteiger charge is 2.20. The first-order valence-electron chi connectivity index (χ1n) is 3.68. The minimum Gasteiger partial charge on any atom is -0.370 e. The number of hydrogen-bond acceptors (Lipinski definition) is 4. The lowest BCUT2D eigenvalue weighted by Crippen LogP contribution is -2.46. The van der Waals surface area contributed by atoms with Crippen molar-refractivity contribution in [3.8, 4) is 0 Å². The first-order valence-corrected chi connectivity index (χ1v) is 5.43. The van der Waals surface area contributed by atoms with Gasteiger partial charge in [-0.1, -0.05) is 0 Å². The van der Waals surface area contributed by atoms with E-state index in [4.69, 9.17) is 33.4 Å². The molecule has 0 fully saturated rings. The van der Waals surface area contributed by atoms with Gasteiger partial charge in [0.15, 0.2) is 17.9 Å². The van der Waals surface area contributed by atoms with Crippen LogP contribution in [-0.4, -0.2) is 24.9 Å². The molecule has 0 aliphatic carbocycles. The van der Waals surface area contributed by atoms with Gasteiger partial charge in [-0.2, -0.15) is 0 Å². The second-order valence-corrected chi connectivity index (χ2v) is 4.75. The Kier molecular flexibility index (Phi) is 4.39. The van der Waals surface area contributed by atoms with Crippen LogP contribution in [0.4, 0.5) is 0 Å². The summed E-state index contributed by atoms with van der Waals surface area (Å²) in [6, 6.07) is 0. The van der Waals surface area contributed by atoms with Gasteiger partial charge in [0.25, 0.3) is 0 Å². The molecule has 0 rings (SSSR count). The highest BCUT2D eigenvalue weighted by atomic mass is 31.2. The number of nitrogens with two attached hydrogens (primary N) is 3. The maximum atomic E-state index is 7.07. The highest BCUT2D eigenvalue weighted by molar-refractivity contribution is 7.62. The van der Waals surface area contributed by atoms with Gasteiger partial charge < -0.3 is 17.2 Å². The van der Waals surface area contributed by atoms with E-state index in [1.165, 1.54) is 7.05 Å². The number of guanidine groups is 3. The Morgan fingerprint density at radius 3 is 1.33 bits per heavy atom. The second kappa shape index (κ2) is 5.05. The van der Waals surface area contributed by atoms with Gasteiger partial charge in [0.1, 0.15) is 0 Å². The third-order valence-electron chi connectivity index (χ3n) is 1.15. The van der Waals surface area contributed by atoms with Gasteiger partial charge in [-0.25, -0.2) is 4.74 Å². The molecule has 0 radical (unpaired) electrons. The van der Waals surface area contributed by atoms with E-state index in [2.05, 4.69) is 20.0 Å². The summed E-state index contributed by atoms with van der Waals surface area (Å²) >= 11 is 0. The van der Waals surface area contributed by atoms with E-state index in [9.17, 15) is 0 Å². The van der Waals surface area contributed by atoms with E-state index >= 15 is 0 Å². The molecule has 15 heavy (non-hydrogen) atoms. The summed E-state index contributed by atoms with van der Waals surface area (Å²) in [5, 5.41) is 28.6. The van der Waals surface area contributed by atoms with Crippen LogP contribution >= 0.6 is 7.51 Å². The van der Waals surface area contributed by atoms with Crippen molar-refractivity contribution in [1.29, 1.82) is 16.2 Å². The Morgan fingerprint density at radius 1 is 0.933 bits per heavy atom. The number of nitrogens with zero attached hydrogens (tertiary/aromatic N) is 1. The van der Waals surface area contributed by atoms with Crippen molar-refractivity contribution in [2.45, 2.75) is 0 Å². The molecule has 0 aliphatic rings. The van der Waals surface area contributed by atoms with Crippen LogP contribution in [0.1, 0.15) is 0 Å². The van der Waals surface area contributed by atoms with Gasteiger partial charge in [-0.15, -0.1) is 0 Å². The molecule has 0 spiro atoms. The Labute approximate surface area is 86.7 Å². The van der Waals surface area contributed by atoms with Gasteiger partial charge in [0.2, 0.25) is 7.51 Å². The van der Waals surface area contributed by atoms with Crippen LogP contribution in [0.5, 0.6) is 0 Å². The molecule has 0 aliphatic heterocycles. The van der Waals surface area contributed by atoms with Crippen LogP contribution < -0.4 is 32.5 Å². The molecule has 0 aromatic rings. The van der Waals surface area contributed by atoms with Crippen LogP contribution in [0.2, 0.25) is 0 Å². The van der Waals surface area contributed by atoms with E-state index in [1.807, 2.05) is 0 Å². The zero-order valence-electron chi connectivity index (χ0n) is 8.13. The third kappa shape index (κ3) is 4.72. The Hall–Kier alpha value is -1.96. The van der Waals surface area contributed by atoms with Gasteiger partial charge in [-0.3, -0.25) is 31.5 Å². The van der Waals surface area contributed by atoms with E-state index in [0.29, 0.717) is 0 Å². The average Bonchev–Trinajstić information content (AvgIpc) is 1.99. The molecule has 10 nitrogen and oxygen atoms in total. The molecule has 0 aromatic carbocycles. The quantitative estimate of drug-likeness (QED) is 0.154. The van der Waals surface area contributed by atoms with Crippen molar-refractivity contribution in [2.24, 2.45) is 21.9 Å². The maximum Gasteiger partial charge on any atom is 0.242 e. The zero-order valence-corrected chi connectivity index (χ0v) is 9.02. The lowest BCUT2D eigenvalue weighted by Gasteiger charge is -2.26. The molecule has 0 bridgehead atoms. The molecule has 0 heterocycles. The number of hydrogen-bond donors (Lipinski definition) is 9. The Morgan fingerprint density at radius 2 is 1.20 bits per heavy atom. The van der Waals surface area contributed by atoms with Crippen molar-refractivity contribution >= 4 is 25.4 Å². The summed E-state index contributed by atoms with van der Waals surface area (Å²) in [6.07, 6.45) is 0. The topological polar surface area (TPSA) is 198 Å². The van der Waals surface area contributed by atoms with Crippen molar-refractivity contribution < 1.29 is 0 Å². The first kappa shape index (κ1) is 13.0. The monoisotopic (exact) mass is 234 g/mol. The molecular weight excluding hydrogens is 219 g/mol. The fraction of sp³-hybridized carbons (Fsp3) is 0.250. The zero-order chi connectivity index (χ0) is 12.1. The molecule has 0 aromatic heterocycles. The molecular formula is C4H15N10P. The van der Waals surface area contributed by atoms with Gasteiger partial charge in [0, 0.05) is 7.05 Å². The SMILES string of the molecule is CN=P(NC(=N)N)(NC(=N)N)NC(=N)N. The molecule has 0 amide bonds. The van der Waals surface area contributed by atoms with Crippen molar-refractivity contribution in [1.82, 2.24) is 15.3 Å². The predicted octanol–water partition coefficient (Wildman–Crippen LogP) is -1.99. The minimum atomic E-state index is -2.82. The smallest absolute Gasteiger partial charge is 0.242 e. The van der Waals surface area contributed by atoms with Gasteiger partial charge >= 0.3 is 0 Å². The largest absolute Gasteiger partial charge is 0.370 e. The van der Waals surface area contributed by atoms with Crippen molar-refractivity contribution in [2.75, 3.05) is 7.05 Å². The minimum absolute atomic E-state index is 0.378. The summed E-state index contributed by atoms with van der Waals surface area (Å²) in [5.74, 6) is -1.13. The predicted molar refractivity (Wildman–Crippen MR) is 60.4 cm³/mol. The molecule has 0 unspecified atom stereocenters. The van der Waals surface area contributed by atoms with Crippen LogP contribution in [0.15, 0.2) is 4.74 Å². The van der Waals surface area contributed by atoms with Crippen LogP contribution in [0, 0.1) is 16.2 Å². The summed E-state index contributed by atoms with van der Waals surface area (Å²) in [5.41, 5.74) is 15.4. The summed E-state index contributed by atoms with van der Waals surface area (Å²) in [4.78, 5) is 0. The molecule has 0 atom stereocenters. The summed E-state index contributed by atoms with van der Waals surface area (Å²) < 4.78 is 3.86. The van der Waals surface area contributed by atoms with Crippen LogP contribution in [0.3, 0.4) is 0 Å². The molecule has 11 heteroatoms. The third-order valence-corrected chi connectivity index (χ3v) is 3.44. The molecule has 0 saturated heterocycles. The number of nitrogens with one attached hydrogen (secondary N) is 6. The maximum absolute atomic E-state index is 7.07. The average molecular weight is 234 g/mol.